The largest absolute Gasteiger partial charge is 0.380 e. The van der Waals surface area contributed by atoms with Crippen LogP contribution >= 0.6 is 0 Å². The molecule has 11 heteroatoms. The molecule has 0 spiro atoms. The van der Waals surface area contributed by atoms with E-state index in [0.717, 1.165) is 29.7 Å². The molecule has 1 aromatic carbocycles. The van der Waals surface area contributed by atoms with Crippen molar-refractivity contribution in [3.8, 4) is 0 Å². The number of nitrogens with one attached hydrogen (secondary N) is 2. The van der Waals surface area contributed by atoms with Crippen LogP contribution in [-0.4, -0.2) is 73.0 Å². The summed E-state index contributed by atoms with van der Waals surface area (Å²) in [5.74, 6) is -1.48. The number of benzene rings is 1. The standard InChI is InChI=1S/C28H32N6O5/c1-17-6-7-22(24(35)31-17)34-25(36)20-4-2-5-21(23(20)26(34)37)29-14-18-15-30-33(16-18)19-8-12-32(13-9-19)27(38)28(39)10-3-11-28/h2,4-5,15-16,19,22,29,39H,1,3,6-14H2,(H,31,35). The Balaban J connectivity index is 1.09. The first-order chi connectivity index (χ1) is 18.7. The summed E-state index contributed by atoms with van der Waals surface area (Å²) in [4.78, 5) is 54.4. The number of anilines is 1. The minimum Gasteiger partial charge on any atom is -0.380 e. The average molecular weight is 533 g/mol. The molecule has 0 radical (unpaired) electrons. The summed E-state index contributed by atoms with van der Waals surface area (Å²) in [6.07, 6.45) is 8.10. The Labute approximate surface area is 225 Å². The Kier molecular flexibility index (Phi) is 6.25. The molecular weight excluding hydrogens is 500 g/mol. The number of likely N-dealkylation sites (tertiary alicyclic amines) is 1. The van der Waals surface area contributed by atoms with Crippen molar-refractivity contribution in [2.75, 3.05) is 18.4 Å². The van der Waals surface area contributed by atoms with Crippen molar-refractivity contribution in [1.29, 1.82) is 0 Å². The Bertz CT molecular complexity index is 1370. The molecule has 6 rings (SSSR count). The fraction of sp³-hybridized carbons (Fsp3) is 0.464. The number of piperidine rings is 2. The van der Waals surface area contributed by atoms with E-state index in [4.69, 9.17) is 0 Å². The number of hydrogen-bond donors (Lipinski definition) is 3. The third-order valence-electron chi connectivity index (χ3n) is 8.42. The van der Waals surface area contributed by atoms with Gasteiger partial charge in [0.25, 0.3) is 17.7 Å². The smallest absolute Gasteiger partial charge is 0.264 e. The Morgan fingerprint density at radius 2 is 1.92 bits per heavy atom. The third kappa shape index (κ3) is 4.40. The van der Waals surface area contributed by atoms with Crippen molar-refractivity contribution >= 4 is 29.3 Å². The van der Waals surface area contributed by atoms with E-state index in [0.29, 0.717) is 56.7 Å². The highest BCUT2D eigenvalue weighted by molar-refractivity contribution is 6.25. The molecule has 3 fully saturated rings. The van der Waals surface area contributed by atoms with Crippen LogP contribution in [0.4, 0.5) is 5.69 Å². The molecule has 3 aliphatic heterocycles. The summed E-state index contributed by atoms with van der Waals surface area (Å²) >= 11 is 0. The van der Waals surface area contributed by atoms with Gasteiger partial charge in [0.15, 0.2) is 0 Å². The van der Waals surface area contributed by atoms with Crippen molar-refractivity contribution in [3.05, 3.63) is 59.6 Å². The van der Waals surface area contributed by atoms with Crippen LogP contribution in [0.3, 0.4) is 0 Å². The van der Waals surface area contributed by atoms with Crippen LogP contribution in [0.15, 0.2) is 42.9 Å². The van der Waals surface area contributed by atoms with E-state index in [9.17, 15) is 24.3 Å². The highest BCUT2D eigenvalue weighted by atomic mass is 16.3. The lowest BCUT2D eigenvalue weighted by Gasteiger charge is -2.41. The van der Waals surface area contributed by atoms with E-state index in [1.807, 2.05) is 10.9 Å². The maximum absolute atomic E-state index is 13.3. The molecule has 39 heavy (non-hydrogen) atoms. The van der Waals surface area contributed by atoms with Crippen molar-refractivity contribution in [1.82, 2.24) is 24.9 Å². The van der Waals surface area contributed by atoms with Crippen LogP contribution in [0.5, 0.6) is 0 Å². The summed E-state index contributed by atoms with van der Waals surface area (Å²) in [5.41, 5.74) is 1.43. The van der Waals surface area contributed by atoms with E-state index in [1.54, 1.807) is 29.3 Å². The third-order valence-corrected chi connectivity index (χ3v) is 8.42. The second-order valence-corrected chi connectivity index (χ2v) is 10.9. The average Bonchev–Trinajstić information content (AvgIpc) is 3.49. The zero-order chi connectivity index (χ0) is 27.3. The fourth-order valence-electron chi connectivity index (χ4n) is 5.96. The van der Waals surface area contributed by atoms with Crippen LogP contribution in [-0.2, 0) is 16.1 Å². The van der Waals surface area contributed by atoms with Gasteiger partial charge in [-0.15, -0.1) is 0 Å². The zero-order valence-corrected chi connectivity index (χ0v) is 21.7. The lowest BCUT2D eigenvalue weighted by Crippen LogP contribution is -2.55. The molecule has 4 amide bonds. The first-order valence-corrected chi connectivity index (χ1v) is 13.5. The van der Waals surface area contributed by atoms with Gasteiger partial charge in [0, 0.05) is 42.8 Å². The number of allylic oxidation sites excluding steroid dienone is 1. The molecular formula is C28H32N6O5. The van der Waals surface area contributed by atoms with Gasteiger partial charge in [-0.25, -0.2) is 0 Å². The SMILES string of the molecule is C=C1CCC(N2C(=O)c3cccc(NCc4cnn(C5CCN(C(=O)C6(O)CCC6)CC5)c4)c3C2=O)C(=O)N1. The Morgan fingerprint density at radius 1 is 1.15 bits per heavy atom. The number of hydrogen-bond acceptors (Lipinski definition) is 7. The fourth-order valence-corrected chi connectivity index (χ4v) is 5.96. The maximum Gasteiger partial charge on any atom is 0.264 e. The zero-order valence-electron chi connectivity index (χ0n) is 21.7. The minimum absolute atomic E-state index is 0.144. The van der Waals surface area contributed by atoms with Crippen molar-refractivity contribution in [2.45, 2.75) is 69.2 Å². The van der Waals surface area contributed by atoms with E-state index >= 15 is 0 Å². The number of imide groups is 1. The number of nitrogens with zero attached hydrogens (tertiary/aromatic N) is 4. The monoisotopic (exact) mass is 532 g/mol. The van der Waals surface area contributed by atoms with Crippen LogP contribution in [0.1, 0.15) is 77.3 Å². The second kappa shape index (κ2) is 9.64. The molecule has 1 unspecified atom stereocenters. The van der Waals surface area contributed by atoms with Gasteiger partial charge in [-0.1, -0.05) is 12.6 Å². The summed E-state index contributed by atoms with van der Waals surface area (Å²) in [6, 6.07) is 4.39. The van der Waals surface area contributed by atoms with Crippen LogP contribution in [0.25, 0.3) is 0 Å². The molecule has 4 aliphatic rings. The van der Waals surface area contributed by atoms with Gasteiger partial charge in [-0.2, -0.15) is 5.10 Å². The van der Waals surface area contributed by atoms with Gasteiger partial charge < -0.3 is 20.6 Å². The molecule has 3 N–H and O–H groups in total. The van der Waals surface area contributed by atoms with Gasteiger partial charge in [-0.05, 0) is 57.1 Å². The summed E-state index contributed by atoms with van der Waals surface area (Å²) in [6.45, 7) is 5.34. The predicted molar refractivity (Wildman–Crippen MR) is 140 cm³/mol. The van der Waals surface area contributed by atoms with Gasteiger partial charge in [0.2, 0.25) is 5.91 Å². The first kappa shape index (κ1) is 25.3. The van der Waals surface area contributed by atoms with Crippen molar-refractivity contribution in [3.63, 3.8) is 0 Å². The summed E-state index contributed by atoms with van der Waals surface area (Å²) in [7, 11) is 0. The van der Waals surface area contributed by atoms with Crippen molar-refractivity contribution < 1.29 is 24.3 Å². The van der Waals surface area contributed by atoms with Gasteiger partial charge >= 0.3 is 0 Å². The molecule has 2 aromatic rings. The summed E-state index contributed by atoms with van der Waals surface area (Å²) in [5, 5.41) is 20.8. The van der Waals surface area contributed by atoms with E-state index < -0.39 is 29.4 Å². The van der Waals surface area contributed by atoms with Gasteiger partial charge in [0.05, 0.1) is 23.4 Å². The quantitative estimate of drug-likeness (QED) is 0.484. The molecule has 1 atom stereocenters. The molecule has 1 aromatic heterocycles. The lowest BCUT2D eigenvalue weighted by molar-refractivity contribution is -0.161. The highest BCUT2D eigenvalue weighted by Crippen LogP contribution is 2.35. The van der Waals surface area contributed by atoms with E-state index in [2.05, 4.69) is 22.3 Å². The van der Waals surface area contributed by atoms with Crippen LogP contribution < -0.4 is 10.6 Å². The second-order valence-electron chi connectivity index (χ2n) is 10.9. The molecule has 2 saturated heterocycles. The predicted octanol–water partition coefficient (Wildman–Crippen LogP) is 1.96. The number of carbonyl (C=O) groups is 4. The molecule has 4 heterocycles. The van der Waals surface area contributed by atoms with Crippen molar-refractivity contribution in [2.24, 2.45) is 0 Å². The number of aliphatic hydroxyl groups is 1. The molecule has 1 aliphatic carbocycles. The minimum atomic E-state index is -1.16. The molecule has 0 bridgehead atoms. The first-order valence-electron chi connectivity index (χ1n) is 13.5. The number of fused-ring (bicyclic) bond motifs is 1. The number of rotatable bonds is 6. The van der Waals surface area contributed by atoms with Crippen LogP contribution in [0, 0.1) is 0 Å². The van der Waals surface area contributed by atoms with Gasteiger partial charge in [0.1, 0.15) is 11.6 Å². The Hall–Kier alpha value is -3.99. The summed E-state index contributed by atoms with van der Waals surface area (Å²) < 4.78 is 1.91. The van der Waals surface area contributed by atoms with Crippen LogP contribution in [0.2, 0.25) is 0 Å². The number of aromatic nitrogens is 2. The molecule has 204 valence electrons. The van der Waals surface area contributed by atoms with Gasteiger partial charge in [-0.3, -0.25) is 28.8 Å². The van der Waals surface area contributed by atoms with E-state index in [-0.39, 0.29) is 23.1 Å². The highest BCUT2D eigenvalue weighted by Gasteiger charge is 2.46. The molecule has 1 saturated carbocycles. The number of carbonyl (C=O) groups excluding carboxylic acids is 4. The Morgan fingerprint density at radius 3 is 2.62 bits per heavy atom. The number of amides is 4. The lowest BCUT2D eigenvalue weighted by atomic mass is 9.79. The van der Waals surface area contributed by atoms with E-state index in [1.165, 1.54) is 0 Å². The molecule has 11 nitrogen and oxygen atoms in total. The maximum atomic E-state index is 13.3. The topological polar surface area (TPSA) is 137 Å². The normalized spacial score (nSPS) is 22.9.